The summed E-state index contributed by atoms with van der Waals surface area (Å²) < 4.78 is 6.23. The molecule has 9 rings (SSSR count). The molecule has 3 saturated heterocycles. The first-order valence-corrected chi connectivity index (χ1v) is 20.0. The van der Waals surface area contributed by atoms with E-state index in [2.05, 4.69) is 65.2 Å². The first-order chi connectivity index (χ1) is 25.5. The summed E-state index contributed by atoms with van der Waals surface area (Å²) in [4.78, 5) is 47.3. The molecule has 3 aliphatic heterocycles. The minimum Gasteiger partial charge on any atom is -0.448 e. The van der Waals surface area contributed by atoms with Crippen molar-refractivity contribution in [3.8, 4) is 11.1 Å². The molecule has 8 heteroatoms. The summed E-state index contributed by atoms with van der Waals surface area (Å²) in [5, 5.41) is 6.87. The molecule has 4 atom stereocenters. The lowest BCUT2D eigenvalue weighted by Crippen LogP contribution is -2.53. The molecule has 0 radical (unpaired) electrons. The minimum atomic E-state index is -0.638. The SMILES string of the molecule is O=C(NC1CCc2ccccc21)[C@@H]1C[C@@H](C2CCCCC2)CN1C(=O)C1CC2(CCNCC2)CN1C(=O)OCC1c2ccccc2-c2ccccc21. The van der Waals surface area contributed by atoms with Gasteiger partial charge in [0.1, 0.15) is 18.7 Å². The van der Waals surface area contributed by atoms with Gasteiger partial charge >= 0.3 is 6.09 Å². The van der Waals surface area contributed by atoms with Crippen LogP contribution in [0.4, 0.5) is 4.79 Å². The number of amides is 3. The Balaban J connectivity index is 0.970. The number of benzene rings is 3. The Kier molecular flexibility index (Phi) is 9.06. The van der Waals surface area contributed by atoms with Crippen molar-refractivity contribution in [3.05, 3.63) is 95.1 Å². The second-order valence-electron chi connectivity index (χ2n) is 16.6. The van der Waals surface area contributed by atoms with E-state index in [1.165, 1.54) is 65.5 Å². The third-order valence-corrected chi connectivity index (χ3v) is 13.7. The van der Waals surface area contributed by atoms with Crippen LogP contribution in [0.3, 0.4) is 0 Å². The molecule has 3 aromatic carbocycles. The largest absolute Gasteiger partial charge is 0.448 e. The van der Waals surface area contributed by atoms with Crippen molar-refractivity contribution in [2.45, 2.75) is 94.7 Å². The van der Waals surface area contributed by atoms with Crippen molar-refractivity contribution in [1.82, 2.24) is 20.4 Å². The van der Waals surface area contributed by atoms with Gasteiger partial charge in [0.25, 0.3) is 0 Å². The maximum Gasteiger partial charge on any atom is 0.410 e. The molecule has 2 N–H and O–H groups in total. The third kappa shape index (κ3) is 6.10. The number of likely N-dealkylation sites (tertiary alicyclic amines) is 2. The topological polar surface area (TPSA) is 91.0 Å². The monoisotopic (exact) mass is 700 g/mol. The predicted molar refractivity (Wildman–Crippen MR) is 201 cm³/mol. The predicted octanol–water partition coefficient (Wildman–Crippen LogP) is 6.98. The van der Waals surface area contributed by atoms with Gasteiger partial charge in [-0.15, -0.1) is 0 Å². The van der Waals surface area contributed by atoms with Crippen LogP contribution in [0.15, 0.2) is 72.8 Å². The van der Waals surface area contributed by atoms with Crippen LogP contribution < -0.4 is 10.6 Å². The highest BCUT2D eigenvalue weighted by atomic mass is 16.6. The first-order valence-electron chi connectivity index (χ1n) is 20.0. The Morgan fingerprint density at radius 2 is 1.44 bits per heavy atom. The van der Waals surface area contributed by atoms with E-state index < -0.39 is 18.2 Å². The average molecular weight is 701 g/mol. The molecule has 1 spiro atoms. The molecular formula is C44H52N4O4. The van der Waals surface area contributed by atoms with Gasteiger partial charge in [-0.05, 0) is 102 Å². The van der Waals surface area contributed by atoms with Crippen molar-refractivity contribution in [2.24, 2.45) is 17.3 Å². The smallest absolute Gasteiger partial charge is 0.410 e. The van der Waals surface area contributed by atoms with Gasteiger partial charge in [0.05, 0.1) is 6.04 Å². The number of aryl methyl sites for hydroxylation is 1. The van der Waals surface area contributed by atoms with Crippen molar-refractivity contribution in [3.63, 3.8) is 0 Å². The van der Waals surface area contributed by atoms with Gasteiger partial charge in [0.2, 0.25) is 11.8 Å². The van der Waals surface area contributed by atoms with Gasteiger partial charge in [-0.1, -0.05) is 105 Å². The number of hydrogen-bond acceptors (Lipinski definition) is 5. The maximum absolute atomic E-state index is 15.0. The minimum absolute atomic E-state index is 0.0313. The summed E-state index contributed by atoms with van der Waals surface area (Å²) in [7, 11) is 0. The lowest BCUT2D eigenvalue weighted by Gasteiger charge is -2.33. The molecule has 2 unspecified atom stereocenters. The molecule has 0 bridgehead atoms. The summed E-state index contributed by atoms with van der Waals surface area (Å²) in [6, 6.07) is 23.9. The molecular weight excluding hydrogens is 649 g/mol. The molecule has 4 fully saturated rings. The number of rotatable bonds is 6. The van der Waals surface area contributed by atoms with Gasteiger partial charge in [-0.2, -0.15) is 0 Å². The van der Waals surface area contributed by atoms with Crippen LogP contribution in [0, 0.1) is 17.3 Å². The summed E-state index contributed by atoms with van der Waals surface area (Å²) in [6.45, 7) is 3.07. The van der Waals surface area contributed by atoms with Gasteiger partial charge in [-0.25, -0.2) is 4.79 Å². The highest BCUT2D eigenvalue weighted by molar-refractivity contribution is 5.92. The normalized spacial score (nSPS) is 26.6. The summed E-state index contributed by atoms with van der Waals surface area (Å²) in [5.74, 6) is 0.661. The fourth-order valence-corrected chi connectivity index (χ4v) is 10.9. The second kappa shape index (κ2) is 14.0. The molecule has 6 aliphatic rings. The van der Waals surface area contributed by atoms with E-state index in [0.29, 0.717) is 37.8 Å². The van der Waals surface area contributed by atoms with Gasteiger partial charge in [0, 0.05) is 19.0 Å². The Morgan fingerprint density at radius 1 is 0.769 bits per heavy atom. The van der Waals surface area contributed by atoms with Crippen molar-refractivity contribution >= 4 is 17.9 Å². The second-order valence-corrected chi connectivity index (χ2v) is 16.6. The Labute approximate surface area is 307 Å². The number of hydrogen-bond donors (Lipinski definition) is 2. The van der Waals surface area contributed by atoms with Crippen LogP contribution in [0.1, 0.15) is 98.4 Å². The molecule has 52 heavy (non-hydrogen) atoms. The lowest BCUT2D eigenvalue weighted by atomic mass is 9.77. The van der Waals surface area contributed by atoms with Crippen LogP contribution in [0.25, 0.3) is 11.1 Å². The first kappa shape index (κ1) is 33.7. The van der Waals surface area contributed by atoms with Crippen LogP contribution >= 0.6 is 0 Å². The molecule has 3 aliphatic carbocycles. The van der Waals surface area contributed by atoms with E-state index in [-0.39, 0.29) is 35.8 Å². The Bertz CT molecular complexity index is 1780. The molecule has 0 aromatic heterocycles. The van der Waals surface area contributed by atoms with E-state index in [0.717, 1.165) is 38.8 Å². The van der Waals surface area contributed by atoms with Gasteiger partial charge < -0.3 is 20.3 Å². The number of fused-ring (bicyclic) bond motifs is 4. The van der Waals surface area contributed by atoms with E-state index in [9.17, 15) is 9.59 Å². The van der Waals surface area contributed by atoms with E-state index in [1.807, 2.05) is 23.1 Å². The number of carbonyl (C=O) groups excluding carboxylic acids is 3. The molecule has 272 valence electrons. The van der Waals surface area contributed by atoms with Crippen LogP contribution in [0.2, 0.25) is 0 Å². The zero-order valence-corrected chi connectivity index (χ0v) is 30.2. The highest BCUT2D eigenvalue weighted by Gasteiger charge is 2.53. The highest BCUT2D eigenvalue weighted by Crippen LogP contribution is 2.47. The zero-order chi connectivity index (χ0) is 35.2. The summed E-state index contributed by atoms with van der Waals surface area (Å²) >= 11 is 0. The Hall–Kier alpha value is -4.17. The molecule has 3 amide bonds. The number of carbonyl (C=O) groups is 3. The number of nitrogens with one attached hydrogen (secondary N) is 2. The number of piperidine rings is 1. The van der Waals surface area contributed by atoms with Gasteiger partial charge in [-0.3, -0.25) is 14.5 Å². The van der Waals surface area contributed by atoms with Crippen molar-refractivity contribution < 1.29 is 19.1 Å². The maximum atomic E-state index is 15.0. The van der Waals surface area contributed by atoms with Crippen molar-refractivity contribution in [2.75, 3.05) is 32.8 Å². The van der Waals surface area contributed by atoms with Crippen LogP contribution in [-0.4, -0.2) is 72.6 Å². The third-order valence-electron chi connectivity index (χ3n) is 13.7. The van der Waals surface area contributed by atoms with Crippen LogP contribution in [-0.2, 0) is 20.7 Å². The fraction of sp³-hybridized carbons (Fsp3) is 0.523. The summed E-state index contributed by atoms with van der Waals surface area (Å²) in [5.41, 5.74) is 7.08. The lowest BCUT2D eigenvalue weighted by molar-refractivity contribution is -0.142. The van der Waals surface area contributed by atoms with E-state index >= 15 is 4.79 Å². The number of ether oxygens (including phenoxy) is 1. The van der Waals surface area contributed by atoms with Gasteiger partial charge in [0.15, 0.2) is 0 Å². The van der Waals surface area contributed by atoms with Crippen molar-refractivity contribution in [1.29, 1.82) is 0 Å². The Morgan fingerprint density at radius 3 is 2.17 bits per heavy atom. The average Bonchev–Trinajstić information content (AvgIpc) is 3.97. The molecule has 1 saturated carbocycles. The quantitative estimate of drug-likeness (QED) is 0.290. The molecule has 3 aromatic rings. The molecule has 8 nitrogen and oxygen atoms in total. The van der Waals surface area contributed by atoms with E-state index in [1.54, 1.807) is 4.90 Å². The van der Waals surface area contributed by atoms with E-state index in [4.69, 9.17) is 4.74 Å². The fourth-order valence-electron chi connectivity index (χ4n) is 10.9. The summed E-state index contributed by atoms with van der Waals surface area (Å²) in [6.07, 6.45) is 10.6. The zero-order valence-electron chi connectivity index (χ0n) is 30.2. The standard InChI is InChI=1S/C44H52N4O4/c49-41(46-38-19-18-30-12-4-5-13-32(30)38)39-24-31(29-10-2-1-3-11-29)26-47(39)42(50)40-25-44(20-22-45-23-21-44)28-48(40)43(51)52-27-37-35-16-8-6-14-33(35)34-15-7-9-17-36(34)37/h4-9,12-17,29,31,37-40,45H,1-3,10-11,18-28H2,(H,46,49)/t31-,38?,39+,40?/m1/s1. The molecule has 3 heterocycles. The van der Waals surface area contributed by atoms with Crippen LogP contribution in [0.5, 0.6) is 0 Å². The number of nitrogens with zero attached hydrogens (tertiary/aromatic N) is 2.